The van der Waals surface area contributed by atoms with E-state index in [0.717, 1.165) is 65.6 Å². The lowest BCUT2D eigenvalue weighted by atomic mass is 9.73. The minimum absolute atomic E-state index is 0.155. The van der Waals surface area contributed by atoms with Crippen molar-refractivity contribution < 1.29 is 4.79 Å². The molecule has 2 aliphatic heterocycles. The SMILES string of the molecule is C=CN=C1/C(=C(\C)N2CCCC2=O)C=C(c2ccccn2)N1c1ccc(C2(N)CCC2)cc1. The van der Waals surface area contributed by atoms with Crippen molar-refractivity contribution in [3.05, 3.63) is 90.0 Å². The number of pyridine rings is 1. The average molecular weight is 440 g/mol. The molecule has 1 aliphatic carbocycles. The van der Waals surface area contributed by atoms with Crippen LogP contribution in [0.25, 0.3) is 5.70 Å². The van der Waals surface area contributed by atoms with Crippen molar-refractivity contribution in [2.24, 2.45) is 10.7 Å². The van der Waals surface area contributed by atoms with Crippen LogP contribution in [0.2, 0.25) is 0 Å². The molecule has 33 heavy (non-hydrogen) atoms. The molecule has 2 N–H and O–H groups in total. The number of rotatable bonds is 5. The van der Waals surface area contributed by atoms with Gasteiger partial charge in [0.2, 0.25) is 5.91 Å². The molecule has 1 amide bonds. The van der Waals surface area contributed by atoms with E-state index < -0.39 is 0 Å². The van der Waals surface area contributed by atoms with Crippen molar-refractivity contribution in [3.63, 3.8) is 0 Å². The number of hydrogen-bond donors (Lipinski definition) is 1. The molecular weight excluding hydrogens is 410 g/mol. The number of benzene rings is 1. The lowest BCUT2D eigenvalue weighted by molar-refractivity contribution is -0.126. The highest BCUT2D eigenvalue weighted by atomic mass is 16.2. The van der Waals surface area contributed by atoms with E-state index >= 15 is 0 Å². The van der Waals surface area contributed by atoms with E-state index in [2.05, 4.69) is 51.8 Å². The number of amidine groups is 1. The largest absolute Gasteiger partial charge is 0.321 e. The highest BCUT2D eigenvalue weighted by Crippen LogP contribution is 2.41. The molecule has 6 heteroatoms. The second kappa shape index (κ2) is 8.45. The second-order valence-corrected chi connectivity index (χ2v) is 8.92. The Kier molecular flexibility index (Phi) is 5.46. The van der Waals surface area contributed by atoms with Crippen LogP contribution in [0.4, 0.5) is 5.69 Å². The summed E-state index contributed by atoms with van der Waals surface area (Å²) in [6, 6.07) is 14.3. The zero-order valence-corrected chi connectivity index (χ0v) is 19.0. The van der Waals surface area contributed by atoms with Crippen LogP contribution in [-0.2, 0) is 10.3 Å². The van der Waals surface area contributed by atoms with Crippen molar-refractivity contribution in [1.82, 2.24) is 9.88 Å². The van der Waals surface area contributed by atoms with Gasteiger partial charge in [0.25, 0.3) is 0 Å². The van der Waals surface area contributed by atoms with Crippen LogP contribution < -0.4 is 10.6 Å². The van der Waals surface area contributed by atoms with Gasteiger partial charge in [-0.15, -0.1) is 0 Å². The summed E-state index contributed by atoms with van der Waals surface area (Å²) >= 11 is 0. The maximum absolute atomic E-state index is 12.5. The molecule has 1 saturated heterocycles. The number of carbonyl (C=O) groups excluding carboxylic acids is 1. The molecule has 0 radical (unpaired) electrons. The molecule has 3 aliphatic rings. The van der Waals surface area contributed by atoms with Gasteiger partial charge in [0, 0.05) is 47.9 Å². The molecule has 0 unspecified atom stereocenters. The molecule has 168 valence electrons. The summed E-state index contributed by atoms with van der Waals surface area (Å²) in [6.45, 7) is 6.57. The normalized spacial score (nSPS) is 22.4. The smallest absolute Gasteiger partial charge is 0.226 e. The van der Waals surface area contributed by atoms with E-state index in [1.165, 1.54) is 6.42 Å². The Hall–Kier alpha value is -3.51. The molecule has 0 bridgehead atoms. The van der Waals surface area contributed by atoms with Crippen LogP contribution in [0, 0.1) is 0 Å². The van der Waals surface area contributed by atoms with Crippen molar-refractivity contribution in [1.29, 1.82) is 0 Å². The second-order valence-electron chi connectivity index (χ2n) is 8.92. The number of aromatic nitrogens is 1. The third-order valence-electron chi connectivity index (χ3n) is 6.93. The lowest BCUT2D eigenvalue weighted by Crippen LogP contribution is -2.43. The summed E-state index contributed by atoms with van der Waals surface area (Å²) < 4.78 is 0. The van der Waals surface area contributed by atoms with E-state index in [9.17, 15) is 4.79 Å². The van der Waals surface area contributed by atoms with E-state index in [4.69, 9.17) is 5.73 Å². The van der Waals surface area contributed by atoms with Gasteiger partial charge in [-0.2, -0.15) is 0 Å². The van der Waals surface area contributed by atoms with Crippen molar-refractivity contribution in [2.75, 3.05) is 11.4 Å². The topological polar surface area (TPSA) is 74.8 Å². The minimum Gasteiger partial charge on any atom is -0.321 e. The quantitative estimate of drug-likeness (QED) is 0.732. The summed E-state index contributed by atoms with van der Waals surface area (Å²) in [5, 5.41) is 0. The van der Waals surface area contributed by atoms with Gasteiger partial charge in [-0.05, 0) is 68.5 Å². The van der Waals surface area contributed by atoms with Crippen LogP contribution in [0.3, 0.4) is 0 Å². The van der Waals surface area contributed by atoms with Gasteiger partial charge in [0.1, 0.15) is 5.84 Å². The Balaban J connectivity index is 1.63. The van der Waals surface area contributed by atoms with Gasteiger partial charge in [0.05, 0.1) is 11.4 Å². The van der Waals surface area contributed by atoms with Crippen LogP contribution in [-0.4, -0.2) is 28.2 Å². The number of likely N-dealkylation sites (tertiary alicyclic amines) is 1. The van der Waals surface area contributed by atoms with Gasteiger partial charge in [-0.1, -0.05) is 24.8 Å². The molecule has 0 spiro atoms. The standard InChI is InChI=1S/C27H29N5O/c1-3-29-26-22(19(2)31-17-6-9-25(31)33)18-24(23-8-4-5-16-30-23)32(26)21-12-10-20(11-13-21)27(28)14-7-15-27/h3-5,8,10-13,16,18H,1,6-7,9,14-15,17,28H2,2H3/b22-19+,29-26?. The Morgan fingerprint density at radius 1 is 1.18 bits per heavy atom. The Morgan fingerprint density at radius 3 is 2.55 bits per heavy atom. The predicted molar refractivity (Wildman–Crippen MR) is 132 cm³/mol. The first-order chi connectivity index (χ1) is 16.0. The van der Waals surface area contributed by atoms with Crippen LogP contribution in [0.1, 0.15) is 50.3 Å². The maximum Gasteiger partial charge on any atom is 0.226 e. The summed E-state index contributed by atoms with van der Waals surface area (Å²) in [7, 11) is 0. The fourth-order valence-corrected chi connectivity index (χ4v) is 4.88. The molecule has 2 aromatic rings. The number of aliphatic imine (C=N–C) groups is 1. The van der Waals surface area contributed by atoms with Gasteiger partial charge < -0.3 is 10.6 Å². The van der Waals surface area contributed by atoms with Gasteiger partial charge in [-0.25, -0.2) is 4.99 Å². The van der Waals surface area contributed by atoms with E-state index in [1.807, 2.05) is 30.0 Å². The van der Waals surface area contributed by atoms with Crippen molar-refractivity contribution >= 4 is 23.1 Å². The third kappa shape index (κ3) is 3.70. The number of allylic oxidation sites excluding steroid dienone is 1. The van der Waals surface area contributed by atoms with Gasteiger partial charge in [-0.3, -0.25) is 14.7 Å². The molecule has 1 saturated carbocycles. The molecule has 3 heterocycles. The summed E-state index contributed by atoms with van der Waals surface area (Å²) in [5.74, 6) is 0.893. The summed E-state index contributed by atoms with van der Waals surface area (Å²) in [6.07, 6.45) is 10.1. The molecule has 6 nitrogen and oxygen atoms in total. The Labute approximate surface area is 194 Å². The number of hydrogen-bond acceptors (Lipinski definition) is 4. The average Bonchev–Trinajstić information content (AvgIpc) is 3.42. The molecule has 5 rings (SSSR count). The number of carbonyl (C=O) groups is 1. The molecule has 1 aromatic heterocycles. The van der Waals surface area contributed by atoms with Crippen molar-refractivity contribution in [3.8, 4) is 0 Å². The lowest BCUT2D eigenvalue weighted by Gasteiger charge is -2.38. The monoisotopic (exact) mass is 439 g/mol. The highest BCUT2D eigenvalue weighted by Gasteiger charge is 2.36. The number of nitrogens with zero attached hydrogens (tertiary/aromatic N) is 4. The maximum atomic E-state index is 12.5. The molecule has 0 atom stereocenters. The fraction of sp³-hybridized carbons (Fsp3) is 0.296. The Bertz CT molecular complexity index is 1170. The minimum atomic E-state index is -0.209. The van der Waals surface area contributed by atoms with Crippen molar-refractivity contribution in [2.45, 2.75) is 44.6 Å². The zero-order valence-electron chi connectivity index (χ0n) is 19.0. The van der Waals surface area contributed by atoms with E-state index in [0.29, 0.717) is 6.42 Å². The van der Waals surface area contributed by atoms with Gasteiger partial charge >= 0.3 is 0 Å². The fourth-order valence-electron chi connectivity index (χ4n) is 4.88. The predicted octanol–water partition coefficient (Wildman–Crippen LogP) is 4.72. The first kappa shape index (κ1) is 21.3. The first-order valence-electron chi connectivity index (χ1n) is 11.5. The molecule has 1 aromatic carbocycles. The first-order valence-corrected chi connectivity index (χ1v) is 11.5. The zero-order chi connectivity index (χ0) is 23.0. The summed E-state index contributed by atoms with van der Waals surface area (Å²) in [5.41, 5.74) is 12.0. The number of nitrogens with two attached hydrogens (primary N) is 1. The van der Waals surface area contributed by atoms with Gasteiger partial charge in [0.15, 0.2) is 0 Å². The Morgan fingerprint density at radius 2 is 1.97 bits per heavy atom. The van der Waals surface area contributed by atoms with E-state index in [1.54, 1.807) is 12.4 Å². The highest BCUT2D eigenvalue weighted by molar-refractivity contribution is 6.24. The number of anilines is 1. The van der Waals surface area contributed by atoms with E-state index in [-0.39, 0.29) is 11.4 Å². The number of amides is 1. The van der Waals surface area contributed by atoms with Crippen LogP contribution >= 0.6 is 0 Å². The molecular formula is C27H29N5O. The third-order valence-corrected chi connectivity index (χ3v) is 6.93. The van der Waals surface area contributed by atoms with Crippen LogP contribution in [0.15, 0.2) is 83.8 Å². The molecule has 2 fully saturated rings. The summed E-state index contributed by atoms with van der Waals surface area (Å²) in [4.78, 5) is 25.7. The van der Waals surface area contributed by atoms with Crippen LogP contribution in [0.5, 0.6) is 0 Å².